The van der Waals surface area contributed by atoms with Crippen LogP contribution in [0.2, 0.25) is 0 Å². The molecule has 2 rings (SSSR count). The minimum Gasteiger partial charge on any atom is -0.338 e. The third kappa shape index (κ3) is 4.28. The molecule has 2 heterocycles. The maximum Gasteiger partial charge on any atom is 0.225 e. The zero-order chi connectivity index (χ0) is 14.4. The normalized spacial score (nSPS) is 18.0. The highest BCUT2D eigenvalue weighted by atomic mass is 15.3. The molecule has 110 valence electrons. The van der Waals surface area contributed by atoms with Crippen LogP contribution in [0.3, 0.4) is 0 Å². The molecule has 5 heteroatoms. The van der Waals surface area contributed by atoms with Crippen LogP contribution in [0, 0.1) is 0 Å². The molecule has 0 amide bonds. The van der Waals surface area contributed by atoms with Crippen molar-refractivity contribution < 1.29 is 0 Å². The van der Waals surface area contributed by atoms with Crippen molar-refractivity contribution >= 4 is 5.95 Å². The molecule has 0 saturated carbocycles. The Hall–Kier alpha value is -1.46. The van der Waals surface area contributed by atoms with E-state index in [2.05, 4.69) is 45.6 Å². The minimum absolute atomic E-state index is 0.435. The van der Waals surface area contributed by atoms with Crippen LogP contribution in [0.5, 0.6) is 0 Å². The van der Waals surface area contributed by atoms with E-state index in [1.807, 2.05) is 18.5 Å². The highest BCUT2D eigenvalue weighted by molar-refractivity contribution is 5.30. The van der Waals surface area contributed by atoms with E-state index in [1.165, 1.54) is 0 Å². The smallest absolute Gasteiger partial charge is 0.225 e. The summed E-state index contributed by atoms with van der Waals surface area (Å²) in [7, 11) is 2.15. The largest absolute Gasteiger partial charge is 0.338 e. The molecule has 1 aliphatic rings. The summed E-state index contributed by atoms with van der Waals surface area (Å²) in [6.45, 7) is 10.9. The zero-order valence-corrected chi connectivity index (χ0v) is 12.5. The molecular formula is C15H25N5. The molecule has 0 aromatic carbocycles. The zero-order valence-electron chi connectivity index (χ0n) is 12.5. The van der Waals surface area contributed by atoms with Gasteiger partial charge in [0.1, 0.15) is 0 Å². The van der Waals surface area contributed by atoms with Gasteiger partial charge in [-0.2, -0.15) is 0 Å². The van der Waals surface area contributed by atoms with E-state index >= 15 is 0 Å². The third-order valence-corrected chi connectivity index (χ3v) is 3.65. The van der Waals surface area contributed by atoms with Crippen molar-refractivity contribution in [3.05, 3.63) is 30.6 Å². The van der Waals surface area contributed by atoms with Crippen molar-refractivity contribution in [1.29, 1.82) is 0 Å². The van der Waals surface area contributed by atoms with Crippen LogP contribution < -0.4 is 10.2 Å². The van der Waals surface area contributed by atoms with Gasteiger partial charge in [-0.15, -0.1) is 6.58 Å². The molecule has 1 N–H and O–H groups in total. The summed E-state index contributed by atoms with van der Waals surface area (Å²) in [5.74, 6) is 0.848. The first-order valence-corrected chi connectivity index (χ1v) is 7.27. The molecule has 1 atom stereocenters. The molecular weight excluding hydrogens is 250 g/mol. The first-order chi connectivity index (χ1) is 9.69. The van der Waals surface area contributed by atoms with Gasteiger partial charge < -0.3 is 15.1 Å². The van der Waals surface area contributed by atoms with E-state index in [9.17, 15) is 0 Å². The first kappa shape index (κ1) is 14.9. The van der Waals surface area contributed by atoms with Crippen molar-refractivity contribution in [1.82, 2.24) is 20.2 Å². The average molecular weight is 275 g/mol. The van der Waals surface area contributed by atoms with Crippen molar-refractivity contribution in [2.45, 2.75) is 25.9 Å². The van der Waals surface area contributed by atoms with Crippen molar-refractivity contribution in [3.63, 3.8) is 0 Å². The molecule has 1 aliphatic heterocycles. The molecule has 1 saturated heterocycles. The Morgan fingerprint density at radius 3 is 2.55 bits per heavy atom. The van der Waals surface area contributed by atoms with E-state index in [1.54, 1.807) is 0 Å². The number of anilines is 1. The summed E-state index contributed by atoms with van der Waals surface area (Å²) >= 11 is 0. The fourth-order valence-corrected chi connectivity index (χ4v) is 2.23. The second-order valence-electron chi connectivity index (χ2n) is 5.49. The van der Waals surface area contributed by atoms with Gasteiger partial charge in [-0.05, 0) is 20.4 Å². The van der Waals surface area contributed by atoms with Gasteiger partial charge in [-0.1, -0.05) is 6.08 Å². The molecule has 0 bridgehead atoms. The second-order valence-corrected chi connectivity index (χ2v) is 5.49. The van der Waals surface area contributed by atoms with Crippen molar-refractivity contribution in [2.24, 2.45) is 0 Å². The predicted molar refractivity (Wildman–Crippen MR) is 82.9 cm³/mol. The number of piperazine rings is 1. The third-order valence-electron chi connectivity index (χ3n) is 3.65. The lowest BCUT2D eigenvalue weighted by atomic mass is 10.2. The fourth-order valence-electron chi connectivity index (χ4n) is 2.23. The number of hydrogen-bond acceptors (Lipinski definition) is 5. The van der Waals surface area contributed by atoms with E-state index in [0.717, 1.165) is 50.7 Å². The van der Waals surface area contributed by atoms with Gasteiger partial charge in [0.25, 0.3) is 0 Å². The first-order valence-electron chi connectivity index (χ1n) is 7.27. The van der Waals surface area contributed by atoms with Crippen LogP contribution in [0.1, 0.15) is 18.9 Å². The Kier molecular flexibility index (Phi) is 5.49. The average Bonchev–Trinajstić information content (AvgIpc) is 2.47. The summed E-state index contributed by atoms with van der Waals surface area (Å²) < 4.78 is 0. The SMILES string of the molecule is C=CC[C@H](C)NCc1cnc(N2CCN(C)CC2)nc1. The number of aromatic nitrogens is 2. The Morgan fingerprint density at radius 1 is 1.30 bits per heavy atom. The summed E-state index contributed by atoms with van der Waals surface area (Å²) in [6.07, 6.45) is 6.76. The Morgan fingerprint density at radius 2 is 1.95 bits per heavy atom. The molecule has 20 heavy (non-hydrogen) atoms. The van der Waals surface area contributed by atoms with Gasteiger partial charge >= 0.3 is 0 Å². The summed E-state index contributed by atoms with van der Waals surface area (Å²) in [4.78, 5) is 13.6. The predicted octanol–water partition coefficient (Wildman–Crippen LogP) is 1.28. The molecule has 1 aromatic rings. The lowest BCUT2D eigenvalue weighted by Gasteiger charge is -2.32. The van der Waals surface area contributed by atoms with E-state index in [4.69, 9.17) is 0 Å². The van der Waals surface area contributed by atoms with Crippen LogP contribution in [0.4, 0.5) is 5.95 Å². The van der Waals surface area contributed by atoms with Gasteiger partial charge in [0.2, 0.25) is 5.95 Å². The Balaban J connectivity index is 1.85. The second kappa shape index (κ2) is 7.36. The minimum atomic E-state index is 0.435. The van der Waals surface area contributed by atoms with Gasteiger partial charge in [0, 0.05) is 56.7 Å². The van der Waals surface area contributed by atoms with Gasteiger partial charge in [-0.3, -0.25) is 0 Å². The van der Waals surface area contributed by atoms with Crippen LogP contribution in [0.25, 0.3) is 0 Å². The van der Waals surface area contributed by atoms with Crippen molar-refractivity contribution in [2.75, 3.05) is 38.1 Å². The van der Waals surface area contributed by atoms with Crippen LogP contribution >= 0.6 is 0 Å². The van der Waals surface area contributed by atoms with Crippen LogP contribution in [-0.4, -0.2) is 54.1 Å². The van der Waals surface area contributed by atoms with Gasteiger partial charge in [0.15, 0.2) is 0 Å². The Labute approximate surface area is 121 Å². The Bertz CT molecular complexity index is 409. The van der Waals surface area contributed by atoms with Crippen LogP contribution in [0.15, 0.2) is 25.0 Å². The summed E-state index contributed by atoms with van der Waals surface area (Å²) in [5.41, 5.74) is 1.12. The molecule has 0 unspecified atom stereocenters. The van der Waals surface area contributed by atoms with E-state index < -0.39 is 0 Å². The molecule has 1 aromatic heterocycles. The maximum absolute atomic E-state index is 4.49. The standard InChI is InChI=1S/C15H25N5/c1-4-5-13(2)16-10-14-11-17-15(18-12-14)20-8-6-19(3)7-9-20/h4,11-13,16H,1,5-10H2,2-3H3/t13-/m0/s1. The lowest BCUT2D eigenvalue weighted by Crippen LogP contribution is -2.45. The molecule has 0 spiro atoms. The molecule has 5 nitrogen and oxygen atoms in total. The number of nitrogens with zero attached hydrogens (tertiary/aromatic N) is 4. The topological polar surface area (TPSA) is 44.3 Å². The highest BCUT2D eigenvalue weighted by Crippen LogP contribution is 2.10. The monoisotopic (exact) mass is 275 g/mol. The van der Waals surface area contributed by atoms with E-state index in [-0.39, 0.29) is 0 Å². The fraction of sp³-hybridized carbons (Fsp3) is 0.600. The number of nitrogens with one attached hydrogen (secondary N) is 1. The number of hydrogen-bond donors (Lipinski definition) is 1. The summed E-state index contributed by atoms with van der Waals surface area (Å²) in [5, 5.41) is 3.43. The number of likely N-dealkylation sites (N-methyl/N-ethyl adjacent to an activating group) is 1. The molecule has 0 radical (unpaired) electrons. The molecule has 1 fully saturated rings. The quantitative estimate of drug-likeness (QED) is 0.792. The number of rotatable bonds is 6. The molecule has 0 aliphatic carbocycles. The van der Waals surface area contributed by atoms with Gasteiger partial charge in [-0.25, -0.2) is 9.97 Å². The van der Waals surface area contributed by atoms with E-state index in [0.29, 0.717) is 6.04 Å². The maximum atomic E-state index is 4.49. The lowest BCUT2D eigenvalue weighted by molar-refractivity contribution is 0.311. The highest BCUT2D eigenvalue weighted by Gasteiger charge is 2.15. The van der Waals surface area contributed by atoms with Crippen LogP contribution in [-0.2, 0) is 6.54 Å². The van der Waals surface area contributed by atoms with Crippen molar-refractivity contribution in [3.8, 4) is 0 Å². The summed E-state index contributed by atoms with van der Waals surface area (Å²) in [6, 6.07) is 0.435. The van der Waals surface area contributed by atoms with Gasteiger partial charge in [0.05, 0.1) is 0 Å².